The molecule has 9 heteroatoms. The summed E-state index contributed by atoms with van der Waals surface area (Å²) >= 11 is 0. The second-order valence-electron chi connectivity index (χ2n) is 6.11. The number of benzene rings is 1. The topological polar surface area (TPSA) is 118 Å². The van der Waals surface area contributed by atoms with Gasteiger partial charge in [0.05, 0.1) is 29.0 Å². The van der Waals surface area contributed by atoms with E-state index in [0.29, 0.717) is 22.7 Å². The summed E-state index contributed by atoms with van der Waals surface area (Å²) in [7, 11) is 0. The molecule has 0 unspecified atom stereocenters. The van der Waals surface area contributed by atoms with E-state index in [4.69, 9.17) is 5.73 Å². The fraction of sp³-hybridized carbons (Fsp3) is 0.105. The van der Waals surface area contributed by atoms with Gasteiger partial charge in [0.15, 0.2) is 0 Å². The second kappa shape index (κ2) is 6.92. The van der Waals surface area contributed by atoms with E-state index in [-0.39, 0.29) is 23.2 Å². The Morgan fingerprint density at radius 2 is 2.14 bits per heavy atom. The minimum atomic E-state index is -0.378. The zero-order valence-electron chi connectivity index (χ0n) is 14.8. The van der Waals surface area contributed by atoms with Gasteiger partial charge in [-0.15, -0.1) is 0 Å². The Hall–Kier alpha value is -4.06. The van der Waals surface area contributed by atoms with Crippen LogP contribution in [0.2, 0.25) is 0 Å². The SMILES string of the molecule is C[C@@H](Nc1ncnc(N)c1C#N)c1nc2ccc(F)cc2n1-c1cccnc1. The molecule has 0 saturated heterocycles. The first-order chi connectivity index (χ1) is 13.6. The van der Waals surface area contributed by atoms with E-state index in [1.54, 1.807) is 24.5 Å². The summed E-state index contributed by atoms with van der Waals surface area (Å²) in [6.07, 6.45) is 4.61. The number of anilines is 2. The first kappa shape index (κ1) is 17.4. The predicted molar refractivity (Wildman–Crippen MR) is 102 cm³/mol. The van der Waals surface area contributed by atoms with Crippen molar-refractivity contribution in [2.45, 2.75) is 13.0 Å². The maximum Gasteiger partial charge on any atom is 0.150 e. The molecule has 4 aromatic rings. The first-order valence-electron chi connectivity index (χ1n) is 8.44. The fourth-order valence-corrected chi connectivity index (χ4v) is 3.00. The predicted octanol–water partition coefficient (Wildman–Crippen LogP) is 2.98. The van der Waals surface area contributed by atoms with Crippen LogP contribution in [0.4, 0.5) is 16.0 Å². The number of rotatable bonds is 4. The van der Waals surface area contributed by atoms with Crippen LogP contribution in [0.25, 0.3) is 16.7 Å². The Morgan fingerprint density at radius 1 is 1.29 bits per heavy atom. The van der Waals surface area contributed by atoms with Gasteiger partial charge in [-0.1, -0.05) is 0 Å². The zero-order valence-corrected chi connectivity index (χ0v) is 14.8. The Labute approximate surface area is 159 Å². The molecule has 0 fully saturated rings. The molecule has 1 aromatic carbocycles. The summed E-state index contributed by atoms with van der Waals surface area (Å²) in [6, 6.07) is 9.69. The van der Waals surface area contributed by atoms with Crippen LogP contribution < -0.4 is 11.1 Å². The molecule has 1 atom stereocenters. The van der Waals surface area contributed by atoms with Crippen molar-refractivity contribution in [3.8, 4) is 11.8 Å². The molecular formula is C19H15FN8. The highest BCUT2D eigenvalue weighted by atomic mass is 19.1. The van der Waals surface area contributed by atoms with Crippen molar-refractivity contribution in [1.29, 1.82) is 5.26 Å². The number of nitrogens with two attached hydrogens (primary N) is 1. The largest absolute Gasteiger partial charge is 0.382 e. The van der Waals surface area contributed by atoms with Crippen LogP contribution in [-0.2, 0) is 0 Å². The second-order valence-corrected chi connectivity index (χ2v) is 6.11. The smallest absolute Gasteiger partial charge is 0.150 e. The van der Waals surface area contributed by atoms with E-state index in [1.807, 2.05) is 23.6 Å². The number of aromatic nitrogens is 5. The zero-order chi connectivity index (χ0) is 19.7. The van der Waals surface area contributed by atoms with E-state index >= 15 is 0 Å². The van der Waals surface area contributed by atoms with E-state index in [2.05, 4.69) is 25.3 Å². The summed E-state index contributed by atoms with van der Waals surface area (Å²) < 4.78 is 15.7. The molecule has 3 heterocycles. The summed E-state index contributed by atoms with van der Waals surface area (Å²) in [5, 5.41) is 12.5. The van der Waals surface area contributed by atoms with Crippen LogP contribution in [-0.4, -0.2) is 24.5 Å². The molecule has 0 spiro atoms. The highest BCUT2D eigenvalue weighted by molar-refractivity contribution is 5.78. The molecule has 3 aromatic heterocycles. The van der Waals surface area contributed by atoms with Gasteiger partial charge in [0.25, 0.3) is 0 Å². The van der Waals surface area contributed by atoms with Crippen molar-refractivity contribution >= 4 is 22.7 Å². The Balaban J connectivity index is 1.85. The highest BCUT2D eigenvalue weighted by Crippen LogP contribution is 2.28. The van der Waals surface area contributed by atoms with Crippen molar-refractivity contribution in [2.24, 2.45) is 0 Å². The van der Waals surface area contributed by atoms with Crippen molar-refractivity contribution < 1.29 is 4.39 Å². The lowest BCUT2D eigenvalue weighted by molar-refractivity contribution is 0.629. The molecule has 0 amide bonds. The van der Waals surface area contributed by atoms with Crippen LogP contribution >= 0.6 is 0 Å². The van der Waals surface area contributed by atoms with Crippen LogP contribution in [0.5, 0.6) is 0 Å². The number of nitrogens with one attached hydrogen (secondary N) is 1. The van der Waals surface area contributed by atoms with Gasteiger partial charge in [-0.25, -0.2) is 19.3 Å². The van der Waals surface area contributed by atoms with Crippen molar-refractivity contribution in [3.63, 3.8) is 0 Å². The van der Waals surface area contributed by atoms with Gasteiger partial charge in [0.2, 0.25) is 0 Å². The Kier molecular flexibility index (Phi) is 4.29. The minimum Gasteiger partial charge on any atom is -0.382 e. The van der Waals surface area contributed by atoms with Crippen molar-refractivity contribution in [3.05, 3.63) is 66.3 Å². The summed E-state index contributed by atoms with van der Waals surface area (Å²) in [5.41, 5.74) is 7.90. The molecule has 0 aliphatic heterocycles. The third kappa shape index (κ3) is 2.97. The van der Waals surface area contributed by atoms with E-state index < -0.39 is 0 Å². The third-order valence-corrected chi connectivity index (χ3v) is 4.28. The molecular weight excluding hydrogens is 359 g/mol. The Bertz CT molecular complexity index is 1200. The average molecular weight is 374 g/mol. The number of hydrogen-bond acceptors (Lipinski definition) is 7. The lowest BCUT2D eigenvalue weighted by Gasteiger charge is -2.17. The molecule has 138 valence electrons. The van der Waals surface area contributed by atoms with Crippen molar-refractivity contribution in [1.82, 2.24) is 24.5 Å². The van der Waals surface area contributed by atoms with Gasteiger partial charge in [0, 0.05) is 12.3 Å². The quantitative estimate of drug-likeness (QED) is 0.564. The van der Waals surface area contributed by atoms with Crippen LogP contribution in [0.1, 0.15) is 24.4 Å². The number of imidazole rings is 1. The van der Waals surface area contributed by atoms with Gasteiger partial charge in [0.1, 0.15) is 41.2 Å². The van der Waals surface area contributed by atoms with Crippen molar-refractivity contribution in [2.75, 3.05) is 11.1 Å². The number of hydrogen-bond donors (Lipinski definition) is 2. The monoisotopic (exact) mass is 374 g/mol. The maximum absolute atomic E-state index is 13.9. The molecule has 0 radical (unpaired) electrons. The van der Waals surface area contributed by atoms with Crippen LogP contribution in [0, 0.1) is 17.1 Å². The molecule has 0 aliphatic rings. The van der Waals surface area contributed by atoms with E-state index in [9.17, 15) is 9.65 Å². The lowest BCUT2D eigenvalue weighted by atomic mass is 10.2. The van der Waals surface area contributed by atoms with Gasteiger partial charge in [-0.2, -0.15) is 5.26 Å². The fourth-order valence-electron chi connectivity index (χ4n) is 3.00. The van der Waals surface area contributed by atoms with E-state index in [0.717, 1.165) is 5.69 Å². The summed E-state index contributed by atoms with van der Waals surface area (Å²) in [6.45, 7) is 1.86. The summed E-state index contributed by atoms with van der Waals surface area (Å²) in [5.74, 6) is 0.642. The van der Waals surface area contributed by atoms with Crippen LogP contribution in [0.3, 0.4) is 0 Å². The standard InChI is InChI=1S/C19H15FN8/c1-11(26-18-14(8-21)17(22)24-10-25-18)19-27-15-5-4-12(20)7-16(15)28(19)13-3-2-6-23-9-13/h2-7,9-11H,1H3,(H3,22,24,25,26)/t11-/m1/s1. The molecule has 0 saturated carbocycles. The third-order valence-electron chi connectivity index (χ3n) is 4.28. The van der Waals surface area contributed by atoms with Gasteiger partial charge >= 0.3 is 0 Å². The molecule has 28 heavy (non-hydrogen) atoms. The van der Waals surface area contributed by atoms with Gasteiger partial charge in [-0.3, -0.25) is 9.55 Å². The number of nitriles is 1. The molecule has 0 aliphatic carbocycles. The first-order valence-corrected chi connectivity index (χ1v) is 8.44. The van der Waals surface area contributed by atoms with E-state index in [1.165, 1.54) is 18.5 Å². The maximum atomic E-state index is 13.9. The number of fused-ring (bicyclic) bond motifs is 1. The number of halogens is 1. The lowest BCUT2D eigenvalue weighted by Crippen LogP contribution is -2.15. The molecule has 0 bridgehead atoms. The van der Waals surface area contributed by atoms with Gasteiger partial charge < -0.3 is 11.1 Å². The Morgan fingerprint density at radius 3 is 2.89 bits per heavy atom. The number of pyridine rings is 1. The highest BCUT2D eigenvalue weighted by Gasteiger charge is 2.20. The minimum absolute atomic E-state index is 0.0926. The number of nitrogen functional groups attached to an aromatic ring is 1. The van der Waals surface area contributed by atoms with Crippen LogP contribution in [0.15, 0.2) is 49.1 Å². The van der Waals surface area contributed by atoms with Gasteiger partial charge in [-0.05, 0) is 31.2 Å². The molecule has 8 nitrogen and oxygen atoms in total. The molecule has 4 rings (SSSR count). The molecule has 3 N–H and O–H groups in total. The number of nitrogens with zero attached hydrogens (tertiary/aromatic N) is 6. The summed E-state index contributed by atoms with van der Waals surface area (Å²) in [4.78, 5) is 16.7. The normalized spacial score (nSPS) is 11.9. The average Bonchev–Trinajstić information content (AvgIpc) is 3.07.